The number of amides is 1. The molecule has 0 N–H and O–H groups in total. The van der Waals surface area contributed by atoms with Gasteiger partial charge in [-0.2, -0.15) is 0 Å². The third kappa shape index (κ3) is 4.56. The van der Waals surface area contributed by atoms with Gasteiger partial charge >= 0.3 is 0 Å². The maximum Gasteiger partial charge on any atom is 0.223 e. The molecule has 1 aromatic rings. The summed E-state index contributed by atoms with van der Waals surface area (Å²) in [5.74, 6) is 0.760. The van der Waals surface area contributed by atoms with Gasteiger partial charge in [-0.3, -0.25) is 9.59 Å². The van der Waals surface area contributed by atoms with E-state index in [-0.39, 0.29) is 24.5 Å². The summed E-state index contributed by atoms with van der Waals surface area (Å²) in [5, 5.41) is 0. The van der Waals surface area contributed by atoms with Crippen LogP contribution in [0.1, 0.15) is 30.1 Å². The van der Waals surface area contributed by atoms with E-state index in [0.717, 1.165) is 5.75 Å². The highest BCUT2D eigenvalue weighted by molar-refractivity contribution is 5.98. The Balaban J connectivity index is 1.82. The van der Waals surface area contributed by atoms with Gasteiger partial charge in [0, 0.05) is 31.5 Å². The summed E-state index contributed by atoms with van der Waals surface area (Å²) in [5.41, 5.74) is 0.619. The van der Waals surface area contributed by atoms with Crippen molar-refractivity contribution in [2.45, 2.75) is 19.8 Å². The molecule has 0 saturated carbocycles. The Morgan fingerprint density at radius 2 is 1.81 bits per heavy atom. The fourth-order valence-electron chi connectivity index (χ4n) is 2.24. The predicted octanol–water partition coefficient (Wildman–Crippen LogP) is 1.91. The van der Waals surface area contributed by atoms with Crippen LogP contribution in [0.15, 0.2) is 24.3 Å². The number of hydrogen-bond acceptors (Lipinski definition) is 4. The molecule has 1 aromatic carbocycles. The van der Waals surface area contributed by atoms with Gasteiger partial charge in [0.05, 0.1) is 19.8 Å². The van der Waals surface area contributed by atoms with Gasteiger partial charge in [0.25, 0.3) is 0 Å². The van der Waals surface area contributed by atoms with Crippen LogP contribution < -0.4 is 4.74 Å². The van der Waals surface area contributed by atoms with Crippen LogP contribution in [0.2, 0.25) is 0 Å². The molecule has 0 aliphatic carbocycles. The molecule has 1 aliphatic heterocycles. The SMILES string of the molecule is CCOc1ccc(C(=O)CCC(=O)N2CCOCC2)cc1. The Bertz CT molecular complexity index is 478. The van der Waals surface area contributed by atoms with Crippen molar-refractivity contribution in [3.05, 3.63) is 29.8 Å². The summed E-state index contributed by atoms with van der Waals surface area (Å²) < 4.78 is 10.5. The first-order chi connectivity index (χ1) is 10.2. The van der Waals surface area contributed by atoms with Crippen molar-refractivity contribution in [3.63, 3.8) is 0 Å². The number of ether oxygens (including phenoxy) is 2. The minimum absolute atomic E-state index is 0.0142. The van der Waals surface area contributed by atoms with Crippen molar-refractivity contribution in [1.82, 2.24) is 4.90 Å². The quantitative estimate of drug-likeness (QED) is 0.751. The first-order valence-electron chi connectivity index (χ1n) is 7.32. The highest BCUT2D eigenvalue weighted by atomic mass is 16.5. The summed E-state index contributed by atoms with van der Waals surface area (Å²) >= 11 is 0. The summed E-state index contributed by atoms with van der Waals surface area (Å²) in [6.45, 7) is 4.92. The Hall–Kier alpha value is -1.88. The minimum Gasteiger partial charge on any atom is -0.494 e. The second-order valence-electron chi connectivity index (χ2n) is 4.87. The first kappa shape index (κ1) is 15.5. The molecule has 114 valence electrons. The topological polar surface area (TPSA) is 55.8 Å². The molecule has 1 fully saturated rings. The summed E-state index contributed by atoms with van der Waals surface area (Å²) in [4.78, 5) is 25.8. The maximum atomic E-state index is 12.1. The third-order valence-electron chi connectivity index (χ3n) is 3.42. The lowest BCUT2D eigenvalue weighted by Crippen LogP contribution is -2.40. The van der Waals surface area contributed by atoms with Crippen molar-refractivity contribution >= 4 is 11.7 Å². The van der Waals surface area contributed by atoms with Crippen molar-refractivity contribution in [2.75, 3.05) is 32.9 Å². The number of rotatable bonds is 6. The standard InChI is InChI=1S/C16H21NO4/c1-2-21-14-5-3-13(4-6-14)15(18)7-8-16(19)17-9-11-20-12-10-17/h3-6H,2,7-12H2,1H3. The molecule has 0 bridgehead atoms. The molecule has 0 atom stereocenters. The zero-order valence-corrected chi connectivity index (χ0v) is 12.3. The van der Waals surface area contributed by atoms with E-state index in [9.17, 15) is 9.59 Å². The number of Topliss-reactive ketones (excluding diaryl/α,β-unsaturated/α-hetero) is 1. The van der Waals surface area contributed by atoms with Crippen LogP contribution in [0.5, 0.6) is 5.75 Å². The lowest BCUT2D eigenvalue weighted by Gasteiger charge is -2.26. The lowest BCUT2D eigenvalue weighted by atomic mass is 10.1. The molecular weight excluding hydrogens is 270 g/mol. The fraction of sp³-hybridized carbons (Fsp3) is 0.500. The predicted molar refractivity (Wildman–Crippen MR) is 78.6 cm³/mol. The van der Waals surface area contributed by atoms with E-state index in [1.807, 2.05) is 6.92 Å². The second-order valence-corrected chi connectivity index (χ2v) is 4.87. The van der Waals surface area contributed by atoms with Crippen LogP contribution in [0.4, 0.5) is 0 Å². The highest BCUT2D eigenvalue weighted by Gasteiger charge is 2.18. The number of hydrogen-bond donors (Lipinski definition) is 0. The van der Waals surface area contributed by atoms with Gasteiger partial charge in [0.1, 0.15) is 5.75 Å². The average Bonchev–Trinajstić information content (AvgIpc) is 2.54. The van der Waals surface area contributed by atoms with Crippen LogP contribution in [0.25, 0.3) is 0 Å². The van der Waals surface area contributed by atoms with Crippen molar-refractivity contribution < 1.29 is 19.1 Å². The molecule has 0 unspecified atom stereocenters. The number of carbonyl (C=O) groups excluding carboxylic acids is 2. The number of ketones is 1. The van der Waals surface area contributed by atoms with Crippen molar-refractivity contribution in [1.29, 1.82) is 0 Å². The Kier molecular flexibility index (Phi) is 5.75. The van der Waals surface area contributed by atoms with Crippen LogP contribution >= 0.6 is 0 Å². The van der Waals surface area contributed by atoms with Gasteiger partial charge in [0.15, 0.2) is 5.78 Å². The number of nitrogens with zero attached hydrogens (tertiary/aromatic N) is 1. The van der Waals surface area contributed by atoms with Gasteiger partial charge in [0.2, 0.25) is 5.91 Å². The monoisotopic (exact) mass is 291 g/mol. The number of morpholine rings is 1. The number of benzene rings is 1. The summed E-state index contributed by atoms with van der Waals surface area (Å²) in [6.07, 6.45) is 0.496. The Labute approximate surface area is 124 Å². The van der Waals surface area contributed by atoms with E-state index >= 15 is 0 Å². The van der Waals surface area contributed by atoms with Crippen LogP contribution in [-0.2, 0) is 9.53 Å². The van der Waals surface area contributed by atoms with Crippen molar-refractivity contribution in [2.24, 2.45) is 0 Å². The smallest absolute Gasteiger partial charge is 0.223 e. The van der Waals surface area contributed by atoms with Gasteiger partial charge in [-0.1, -0.05) is 0 Å². The van der Waals surface area contributed by atoms with E-state index in [4.69, 9.17) is 9.47 Å². The molecule has 1 saturated heterocycles. The number of carbonyl (C=O) groups is 2. The second kappa shape index (κ2) is 7.78. The first-order valence-corrected chi connectivity index (χ1v) is 7.32. The molecule has 0 spiro atoms. The normalized spacial score (nSPS) is 14.8. The Morgan fingerprint density at radius 1 is 1.14 bits per heavy atom. The molecule has 2 rings (SSSR count). The molecule has 1 amide bonds. The molecule has 21 heavy (non-hydrogen) atoms. The fourth-order valence-corrected chi connectivity index (χ4v) is 2.24. The van der Waals surface area contributed by atoms with Crippen LogP contribution in [-0.4, -0.2) is 49.5 Å². The molecule has 5 nitrogen and oxygen atoms in total. The lowest BCUT2D eigenvalue weighted by molar-refractivity contribution is -0.135. The minimum atomic E-state index is -0.0142. The Morgan fingerprint density at radius 3 is 2.43 bits per heavy atom. The summed E-state index contributed by atoms with van der Waals surface area (Å²) in [6, 6.07) is 7.04. The molecule has 5 heteroatoms. The zero-order valence-electron chi connectivity index (χ0n) is 12.3. The van der Waals surface area contributed by atoms with Crippen LogP contribution in [0.3, 0.4) is 0 Å². The molecule has 0 radical (unpaired) electrons. The molecule has 1 aliphatic rings. The van der Waals surface area contributed by atoms with Crippen molar-refractivity contribution in [3.8, 4) is 5.75 Å². The van der Waals surface area contributed by atoms with Gasteiger partial charge in [-0.05, 0) is 31.2 Å². The van der Waals surface area contributed by atoms with E-state index < -0.39 is 0 Å². The van der Waals surface area contributed by atoms with Gasteiger partial charge in [-0.25, -0.2) is 0 Å². The molecule has 1 heterocycles. The van der Waals surface area contributed by atoms with Gasteiger partial charge < -0.3 is 14.4 Å². The van der Waals surface area contributed by atoms with E-state index in [1.165, 1.54) is 0 Å². The average molecular weight is 291 g/mol. The molecular formula is C16H21NO4. The van der Waals surface area contributed by atoms with E-state index in [2.05, 4.69) is 0 Å². The van der Waals surface area contributed by atoms with Gasteiger partial charge in [-0.15, -0.1) is 0 Å². The largest absolute Gasteiger partial charge is 0.494 e. The maximum absolute atomic E-state index is 12.1. The third-order valence-corrected chi connectivity index (χ3v) is 3.42. The van der Waals surface area contributed by atoms with Crippen LogP contribution in [0, 0.1) is 0 Å². The van der Waals surface area contributed by atoms with E-state index in [0.29, 0.717) is 38.5 Å². The summed E-state index contributed by atoms with van der Waals surface area (Å²) in [7, 11) is 0. The highest BCUT2D eigenvalue weighted by Crippen LogP contribution is 2.14. The van der Waals surface area contributed by atoms with E-state index in [1.54, 1.807) is 29.2 Å². The molecule has 0 aromatic heterocycles. The zero-order chi connectivity index (χ0) is 15.1.